The lowest BCUT2D eigenvalue weighted by molar-refractivity contribution is -0.385. The molecule has 0 heterocycles. The first-order valence-electron chi connectivity index (χ1n) is 9.22. The maximum Gasteiger partial charge on any atom is 0.283 e. The number of hydrogen-bond acceptors (Lipinski definition) is 5. The van der Waals surface area contributed by atoms with Crippen LogP contribution in [0.2, 0.25) is 0 Å². The van der Waals surface area contributed by atoms with E-state index in [-0.39, 0.29) is 17.2 Å². The van der Waals surface area contributed by atoms with Crippen LogP contribution in [-0.2, 0) is 4.79 Å². The van der Waals surface area contributed by atoms with E-state index in [0.29, 0.717) is 37.5 Å². The van der Waals surface area contributed by atoms with Crippen molar-refractivity contribution in [2.45, 2.75) is 57.9 Å². The first-order valence-corrected chi connectivity index (χ1v) is 9.22. The van der Waals surface area contributed by atoms with Crippen LogP contribution in [0.15, 0.2) is 18.2 Å². The Balaban J connectivity index is 1.82. The molecule has 1 aromatic carbocycles. The van der Waals surface area contributed by atoms with Gasteiger partial charge in [0, 0.05) is 19.0 Å². The molecule has 0 bridgehead atoms. The monoisotopic (exact) mass is 362 g/mol. The third-order valence-electron chi connectivity index (χ3n) is 4.81. The minimum Gasteiger partial charge on any atom is -0.493 e. The average Bonchev–Trinajstić information content (AvgIpc) is 2.66. The molecular formula is C19H26N2O5. The van der Waals surface area contributed by atoms with E-state index in [2.05, 4.69) is 0 Å². The van der Waals surface area contributed by atoms with Crippen molar-refractivity contribution < 1.29 is 19.2 Å². The summed E-state index contributed by atoms with van der Waals surface area (Å²) >= 11 is 0. The van der Waals surface area contributed by atoms with Crippen LogP contribution in [0, 0.1) is 10.1 Å². The smallest absolute Gasteiger partial charge is 0.283 e. The Bertz CT molecular complexity index is 641. The lowest BCUT2D eigenvalue weighted by Crippen LogP contribution is -2.41. The van der Waals surface area contributed by atoms with E-state index in [4.69, 9.17) is 4.74 Å². The van der Waals surface area contributed by atoms with Crippen LogP contribution in [0.1, 0.15) is 62.2 Å². The summed E-state index contributed by atoms with van der Waals surface area (Å²) in [6.07, 6.45) is 7.20. The maximum atomic E-state index is 12.5. The van der Waals surface area contributed by atoms with Crippen LogP contribution in [0.25, 0.3) is 0 Å². The number of rotatable bonds is 9. The van der Waals surface area contributed by atoms with Gasteiger partial charge in [0.05, 0.1) is 23.2 Å². The van der Waals surface area contributed by atoms with Crippen molar-refractivity contribution in [3.63, 3.8) is 0 Å². The van der Waals surface area contributed by atoms with Crippen molar-refractivity contribution in [1.29, 1.82) is 0 Å². The van der Waals surface area contributed by atoms with Crippen LogP contribution in [0.3, 0.4) is 0 Å². The Morgan fingerprint density at radius 3 is 2.69 bits per heavy atom. The van der Waals surface area contributed by atoms with Gasteiger partial charge in [-0.15, -0.1) is 0 Å². The summed E-state index contributed by atoms with van der Waals surface area (Å²) in [4.78, 5) is 35.6. The maximum absolute atomic E-state index is 12.5. The van der Waals surface area contributed by atoms with E-state index in [1.54, 1.807) is 0 Å². The third-order valence-corrected chi connectivity index (χ3v) is 4.81. The third kappa shape index (κ3) is 5.28. The summed E-state index contributed by atoms with van der Waals surface area (Å²) in [5.74, 6) is 0.472. The van der Waals surface area contributed by atoms with Crippen molar-refractivity contribution in [2.75, 3.05) is 13.2 Å². The van der Waals surface area contributed by atoms with Gasteiger partial charge >= 0.3 is 0 Å². The molecule has 0 aromatic heterocycles. The Labute approximate surface area is 153 Å². The van der Waals surface area contributed by atoms with Gasteiger partial charge in [0.1, 0.15) is 5.75 Å². The van der Waals surface area contributed by atoms with Crippen LogP contribution in [0.5, 0.6) is 5.75 Å². The Morgan fingerprint density at radius 2 is 2.08 bits per heavy atom. The topological polar surface area (TPSA) is 89.8 Å². The highest BCUT2D eigenvalue weighted by molar-refractivity contribution is 5.81. The van der Waals surface area contributed by atoms with Gasteiger partial charge in [0.25, 0.3) is 5.69 Å². The Morgan fingerprint density at radius 1 is 1.35 bits per heavy atom. The molecule has 1 amide bonds. The average molecular weight is 362 g/mol. The predicted octanol–water partition coefficient (Wildman–Crippen LogP) is 3.75. The fourth-order valence-electron chi connectivity index (χ4n) is 3.46. The largest absolute Gasteiger partial charge is 0.493 e. The highest BCUT2D eigenvalue weighted by Gasteiger charge is 2.23. The molecule has 1 aromatic rings. The Kier molecular flexibility index (Phi) is 7.56. The van der Waals surface area contributed by atoms with Crippen molar-refractivity contribution in [3.8, 4) is 5.75 Å². The molecule has 7 nitrogen and oxygen atoms in total. The molecule has 1 fully saturated rings. The highest BCUT2D eigenvalue weighted by atomic mass is 16.6. The molecule has 1 aliphatic carbocycles. The number of nitro benzene ring substituents is 1. The minimum atomic E-state index is -0.608. The van der Waals surface area contributed by atoms with Gasteiger partial charge in [0.2, 0.25) is 5.91 Å². The molecule has 142 valence electrons. The van der Waals surface area contributed by atoms with Crippen LogP contribution in [0.4, 0.5) is 5.69 Å². The van der Waals surface area contributed by atoms with Crippen molar-refractivity contribution >= 4 is 17.9 Å². The SMILES string of the molecule is CCN(C(=O)CCCOc1ccc(C=O)c([N+](=O)[O-])c1)C1CCCCC1. The molecular weight excluding hydrogens is 336 g/mol. The number of hydrogen-bond donors (Lipinski definition) is 0. The molecule has 1 saturated carbocycles. The number of amides is 1. The summed E-state index contributed by atoms with van der Waals surface area (Å²) in [6, 6.07) is 4.50. The van der Waals surface area contributed by atoms with Gasteiger partial charge in [0.15, 0.2) is 6.29 Å². The normalized spacial score (nSPS) is 14.7. The van der Waals surface area contributed by atoms with Gasteiger partial charge in [-0.05, 0) is 38.3 Å². The van der Waals surface area contributed by atoms with E-state index in [1.807, 2.05) is 11.8 Å². The number of carbonyl (C=O) groups excluding carboxylic acids is 2. The fourth-order valence-corrected chi connectivity index (χ4v) is 3.46. The lowest BCUT2D eigenvalue weighted by Gasteiger charge is -2.33. The minimum absolute atomic E-state index is 0.0172. The van der Waals surface area contributed by atoms with Crippen LogP contribution in [-0.4, -0.2) is 41.2 Å². The van der Waals surface area contributed by atoms with Gasteiger partial charge < -0.3 is 9.64 Å². The second-order valence-electron chi connectivity index (χ2n) is 6.52. The summed E-state index contributed by atoms with van der Waals surface area (Å²) in [6.45, 7) is 3.03. The molecule has 7 heteroatoms. The van der Waals surface area contributed by atoms with Crippen LogP contribution < -0.4 is 4.74 Å². The predicted molar refractivity (Wildman–Crippen MR) is 97.5 cm³/mol. The quantitative estimate of drug-likeness (QED) is 0.289. The molecule has 0 saturated heterocycles. The number of aldehydes is 1. The molecule has 0 unspecified atom stereocenters. The molecule has 0 atom stereocenters. The van der Waals surface area contributed by atoms with E-state index in [9.17, 15) is 19.7 Å². The number of nitrogens with zero attached hydrogens (tertiary/aromatic N) is 2. The summed E-state index contributed by atoms with van der Waals surface area (Å²) < 4.78 is 5.51. The number of benzene rings is 1. The van der Waals surface area contributed by atoms with Gasteiger partial charge in [-0.3, -0.25) is 19.7 Å². The number of carbonyl (C=O) groups is 2. The zero-order valence-electron chi connectivity index (χ0n) is 15.2. The van der Waals surface area contributed by atoms with Crippen molar-refractivity contribution in [1.82, 2.24) is 4.90 Å². The lowest BCUT2D eigenvalue weighted by atomic mass is 9.94. The second kappa shape index (κ2) is 9.89. The highest BCUT2D eigenvalue weighted by Crippen LogP contribution is 2.25. The Hall–Kier alpha value is -2.44. The second-order valence-corrected chi connectivity index (χ2v) is 6.52. The molecule has 26 heavy (non-hydrogen) atoms. The van der Waals surface area contributed by atoms with E-state index in [1.165, 1.54) is 37.5 Å². The van der Waals surface area contributed by atoms with Crippen molar-refractivity contribution in [3.05, 3.63) is 33.9 Å². The number of ether oxygens (including phenoxy) is 1. The number of nitro groups is 1. The van der Waals surface area contributed by atoms with E-state index < -0.39 is 4.92 Å². The molecule has 0 radical (unpaired) electrons. The summed E-state index contributed by atoms with van der Waals surface area (Å²) in [7, 11) is 0. The van der Waals surface area contributed by atoms with E-state index >= 15 is 0 Å². The summed E-state index contributed by atoms with van der Waals surface area (Å²) in [5.41, 5.74) is -0.258. The first kappa shape index (κ1) is 19.9. The molecule has 0 aliphatic heterocycles. The zero-order valence-corrected chi connectivity index (χ0v) is 15.2. The fraction of sp³-hybridized carbons (Fsp3) is 0.579. The van der Waals surface area contributed by atoms with E-state index in [0.717, 1.165) is 19.4 Å². The van der Waals surface area contributed by atoms with Gasteiger partial charge in [-0.1, -0.05) is 19.3 Å². The zero-order chi connectivity index (χ0) is 18.9. The van der Waals surface area contributed by atoms with Crippen molar-refractivity contribution in [2.24, 2.45) is 0 Å². The van der Waals surface area contributed by atoms with Gasteiger partial charge in [-0.25, -0.2) is 0 Å². The molecule has 1 aliphatic rings. The standard InChI is InChI=1S/C19H26N2O5/c1-2-20(16-7-4-3-5-8-16)19(23)9-6-12-26-17-11-10-15(14-22)18(13-17)21(24)25/h10-11,13-14,16H,2-9,12H2,1H3. The first-order chi connectivity index (χ1) is 12.6. The summed E-state index contributed by atoms with van der Waals surface area (Å²) in [5, 5.41) is 11.0. The van der Waals surface area contributed by atoms with Gasteiger partial charge in [-0.2, -0.15) is 0 Å². The molecule has 2 rings (SSSR count). The van der Waals surface area contributed by atoms with Crippen LogP contribution >= 0.6 is 0 Å². The molecule has 0 N–H and O–H groups in total. The molecule has 0 spiro atoms.